The SMILES string of the molecule is C=C[C@@H](O)[C@@H]1[C@@H](C)C[C@@H](C)C[C@@]1(C)CO[Si](C)(C)C(C)(C)C. The minimum atomic E-state index is -1.76. The van der Waals surface area contributed by atoms with E-state index in [1.165, 1.54) is 6.42 Å². The first-order valence-corrected chi connectivity index (χ1v) is 11.7. The van der Waals surface area contributed by atoms with Gasteiger partial charge in [0.25, 0.3) is 0 Å². The predicted octanol–water partition coefficient (Wildman–Crippen LogP) is 5.24. The van der Waals surface area contributed by atoms with Gasteiger partial charge in [0.2, 0.25) is 0 Å². The van der Waals surface area contributed by atoms with Crippen LogP contribution in [0.25, 0.3) is 0 Å². The Labute approximate surface area is 139 Å². The number of rotatable bonds is 5. The minimum Gasteiger partial charge on any atom is -0.416 e. The molecule has 0 aromatic carbocycles. The maximum absolute atomic E-state index is 10.5. The third-order valence-electron chi connectivity index (χ3n) is 6.19. The summed E-state index contributed by atoms with van der Waals surface area (Å²) in [6.45, 7) is 23.0. The quantitative estimate of drug-likeness (QED) is 0.553. The van der Waals surface area contributed by atoms with Crippen LogP contribution in [0.3, 0.4) is 0 Å². The van der Waals surface area contributed by atoms with Crippen LogP contribution in [0.5, 0.6) is 0 Å². The molecule has 0 spiro atoms. The summed E-state index contributed by atoms with van der Waals surface area (Å²) in [6.07, 6.45) is 3.59. The van der Waals surface area contributed by atoms with E-state index in [1.54, 1.807) is 6.08 Å². The van der Waals surface area contributed by atoms with E-state index in [-0.39, 0.29) is 16.4 Å². The van der Waals surface area contributed by atoms with Gasteiger partial charge in [-0.15, -0.1) is 6.58 Å². The Kier molecular flexibility index (Phi) is 6.14. The van der Waals surface area contributed by atoms with Gasteiger partial charge in [0.05, 0.1) is 6.10 Å². The molecular formula is C19H38O2Si. The van der Waals surface area contributed by atoms with Crippen LogP contribution in [0.15, 0.2) is 12.7 Å². The predicted molar refractivity (Wildman–Crippen MR) is 98.5 cm³/mol. The van der Waals surface area contributed by atoms with Crippen molar-refractivity contribution < 1.29 is 9.53 Å². The van der Waals surface area contributed by atoms with Crippen molar-refractivity contribution in [1.29, 1.82) is 0 Å². The Morgan fingerprint density at radius 2 is 1.91 bits per heavy atom. The van der Waals surface area contributed by atoms with Gasteiger partial charge in [-0.2, -0.15) is 0 Å². The topological polar surface area (TPSA) is 29.5 Å². The highest BCUT2D eigenvalue weighted by Gasteiger charge is 2.47. The second kappa shape index (κ2) is 6.78. The fraction of sp³-hybridized carbons (Fsp3) is 0.895. The van der Waals surface area contributed by atoms with Gasteiger partial charge in [-0.05, 0) is 54.1 Å². The second-order valence-corrected chi connectivity index (χ2v) is 14.3. The lowest BCUT2D eigenvalue weighted by atomic mass is 9.58. The van der Waals surface area contributed by atoms with E-state index in [0.29, 0.717) is 11.8 Å². The third-order valence-corrected chi connectivity index (χ3v) is 10.7. The summed E-state index contributed by atoms with van der Waals surface area (Å²) in [4.78, 5) is 0. The normalized spacial score (nSPS) is 35.2. The zero-order chi connectivity index (χ0) is 17.3. The van der Waals surface area contributed by atoms with Crippen LogP contribution in [0, 0.1) is 23.2 Å². The molecule has 5 atom stereocenters. The molecule has 0 radical (unpaired) electrons. The molecule has 0 aromatic rings. The average Bonchev–Trinajstić information content (AvgIpc) is 2.33. The molecule has 0 amide bonds. The molecule has 0 aliphatic heterocycles. The summed E-state index contributed by atoms with van der Waals surface area (Å²) in [5.41, 5.74) is 0.0280. The number of hydrogen-bond acceptors (Lipinski definition) is 2. The molecule has 3 heteroatoms. The zero-order valence-corrected chi connectivity index (χ0v) is 17.1. The maximum Gasteiger partial charge on any atom is 0.192 e. The lowest BCUT2D eigenvalue weighted by Crippen LogP contribution is -2.50. The van der Waals surface area contributed by atoms with Crippen LogP contribution < -0.4 is 0 Å². The Hall–Kier alpha value is -0.123. The van der Waals surface area contributed by atoms with Gasteiger partial charge < -0.3 is 9.53 Å². The molecule has 0 aromatic heterocycles. The largest absolute Gasteiger partial charge is 0.416 e. The molecule has 1 rings (SSSR count). The van der Waals surface area contributed by atoms with Crippen molar-refractivity contribution >= 4 is 8.32 Å². The van der Waals surface area contributed by atoms with Crippen LogP contribution in [-0.4, -0.2) is 26.1 Å². The van der Waals surface area contributed by atoms with E-state index in [2.05, 4.69) is 61.2 Å². The van der Waals surface area contributed by atoms with E-state index >= 15 is 0 Å². The van der Waals surface area contributed by atoms with E-state index < -0.39 is 14.4 Å². The summed E-state index contributed by atoms with van der Waals surface area (Å²) >= 11 is 0. The maximum atomic E-state index is 10.5. The van der Waals surface area contributed by atoms with Crippen molar-refractivity contribution in [3.05, 3.63) is 12.7 Å². The molecule has 1 saturated carbocycles. The molecule has 1 N–H and O–H groups in total. The second-order valence-electron chi connectivity index (χ2n) is 9.48. The summed E-state index contributed by atoms with van der Waals surface area (Å²) in [7, 11) is -1.76. The van der Waals surface area contributed by atoms with Crippen LogP contribution in [0.1, 0.15) is 54.4 Å². The van der Waals surface area contributed by atoms with E-state index in [4.69, 9.17) is 4.43 Å². The number of hydrogen-bond donors (Lipinski definition) is 1. The fourth-order valence-electron chi connectivity index (χ4n) is 4.10. The van der Waals surface area contributed by atoms with Crippen molar-refractivity contribution in [3.8, 4) is 0 Å². The van der Waals surface area contributed by atoms with Gasteiger partial charge in [-0.3, -0.25) is 0 Å². The van der Waals surface area contributed by atoms with Crippen LogP contribution in [0.2, 0.25) is 18.1 Å². The first-order valence-electron chi connectivity index (χ1n) is 8.78. The molecule has 2 nitrogen and oxygen atoms in total. The minimum absolute atomic E-state index is 0.0280. The Bertz CT molecular complexity index is 385. The molecule has 130 valence electrons. The third kappa shape index (κ3) is 4.24. The van der Waals surface area contributed by atoms with Gasteiger partial charge in [-0.25, -0.2) is 0 Å². The molecule has 0 bridgehead atoms. The Morgan fingerprint density at radius 1 is 1.36 bits per heavy atom. The van der Waals surface area contributed by atoms with Crippen LogP contribution in [-0.2, 0) is 4.43 Å². The first kappa shape index (κ1) is 19.9. The smallest absolute Gasteiger partial charge is 0.192 e. The Morgan fingerprint density at radius 3 is 2.36 bits per heavy atom. The van der Waals surface area contributed by atoms with E-state index in [9.17, 15) is 5.11 Å². The fourth-order valence-corrected chi connectivity index (χ4v) is 5.22. The lowest BCUT2D eigenvalue weighted by molar-refractivity contribution is -0.0588. The monoisotopic (exact) mass is 326 g/mol. The lowest BCUT2D eigenvalue weighted by Gasteiger charge is -2.50. The highest BCUT2D eigenvalue weighted by Crippen LogP contribution is 2.49. The van der Waals surface area contributed by atoms with Gasteiger partial charge >= 0.3 is 0 Å². The molecule has 0 heterocycles. The standard InChI is InChI=1S/C19H38O2Si/c1-10-16(20)17-15(3)11-14(2)12-19(17,7)13-21-22(8,9)18(4,5)6/h10,14-17,20H,1,11-13H2,2-9H3/t14-,15+,16-,17+,19+/m1/s1. The summed E-state index contributed by atoms with van der Waals surface area (Å²) in [6, 6.07) is 0. The number of aliphatic hydroxyl groups excluding tert-OH is 1. The first-order chi connectivity index (χ1) is 9.84. The summed E-state index contributed by atoms with van der Waals surface area (Å²) < 4.78 is 6.55. The molecule has 1 fully saturated rings. The van der Waals surface area contributed by atoms with Crippen molar-refractivity contribution in [2.75, 3.05) is 6.61 Å². The van der Waals surface area contributed by atoms with E-state index in [1.807, 2.05) is 0 Å². The van der Waals surface area contributed by atoms with E-state index in [0.717, 1.165) is 13.0 Å². The van der Waals surface area contributed by atoms with Crippen molar-refractivity contribution in [3.63, 3.8) is 0 Å². The number of aliphatic hydroxyl groups is 1. The Balaban J connectivity index is 2.97. The molecular weight excluding hydrogens is 288 g/mol. The molecule has 1 aliphatic carbocycles. The van der Waals surface area contributed by atoms with Crippen LogP contribution in [0.4, 0.5) is 0 Å². The van der Waals surface area contributed by atoms with Gasteiger partial charge in [0, 0.05) is 6.61 Å². The van der Waals surface area contributed by atoms with Crippen molar-refractivity contribution in [1.82, 2.24) is 0 Å². The zero-order valence-electron chi connectivity index (χ0n) is 16.1. The van der Waals surface area contributed by atoms with Crippen molar-refractivity contribution in [2.45, 2.75) is 78.6 Å². The van der Waals surface area contributed by atoms with Gasteiger partial charge in [0.1, 0.15) is 0 Å². The highest BCUT2D eigenvalue weighted by molar-refractivity contribution is 6.74. The molecule has 1 aliphatic rings. The van der Waals surface area contributed by atoms with Crippen molar-refractivity contribution in [2.24, 2.45) is 23.2 Å². The van der Waals surface area contributed by atoms with Crippen LogP contribution >= 0.6 is 0 Å². The van der Waals surface area contributed by atoms with Gasteiger partial charge in [-0.1, -0.05) is 47.6 Å². The molecule has 22 heavy (non-hydrogen) atoms. The van der Waals surface area contributed by atoms with Gasteiger partial charge in [0.15, 0.2) is 8.32 Å². The highest BCUT2D eigenvalue weighted by atomic mass is 28.4. The average molecular weight is 327 g/mol. The summed E-state index contributed by atoms with van der Waals surface area (Å²) in [5, 5.41) is 10.7. The molecule has 0 saturated heterocycles. The summed E-state index contributed by atoms with van der Waals surface area (Å²) in [5.74, 6) is 1.44. The molecule has 0 unspecified atom stereocenters.